The van der Waals surface area contributed by atoms with Gasteiger partial charge in [-0.2, -0.15) is 0 Å². The van der Waals surface area contributed by atoms with Crippen molar-refractivity contribution in [1.29, 1.82) is 0 Å². The molecule has 0 N–H and O–H groups in total. The third-order valence-corrected chi connectivity index (χ3v) is 13.7. The summed E-state index contributed by atoms with van der Waals surface area (Å²) in [6.45, 7) is 0.733. The van der Waals surface area contributed by atoms with Crippen LogP contribution in [0.25, 0.3) is 0 Å². The fourth-order valence-electron chi connectivity index (χ4n) is 1.46. The fourth-order valence-corrected chi connectivity index (χ4v) is 11.6. The Morgan fingerprint density at radius 1 is 0.478 bits per heavy atom. The summed E-state index contributed by atoms with van der Waals surface area (Å²) in [4.78, 5) is 0. The zero-order chi connectivity index (χ0) is 17.6. The summed E-state index contributed by atoms with van der Waals surface area (Å²) in [6, 6.07) is 0. The first-order valence-corrected chi connectivity index (χ1v) is 15.0. The second-order valence-corrected chi connectivity index (χ2v) is 15.6. The Bertz CT molecular complexity index is 265. The van der Waals surface area contributed by atoms with Crippen molar-refractivity contribution in [3.8, 4) is 0 Å². The van der Waals surface area contributed by atoms with Crippen molar-refractivity contribution >= 4 is 84.8 Å². The molecule has 0 saturated heterocycles. The number of hydrogen-bond donors (Lipinski definition) is 0. The molecule has 23 heavy (non-hydrogen) atoms. The normalized spacial score (nSPS) is 12.8. The molecule has 5 nitrogen and oxygen atoms in total. The van der Waals surface area contributed by atoms with Gasteiger partial charge in [-0.15, -0.1) is 58.0 Å². The molecule has 0 aliphatic heterocycles. The van der Waals surface area contributed by atoms with Crippen LogP contribution in [-0.4, -0.2) is 78.1 Å². The zero-order valence-electron chi connectivity index (χ0n) is 12.4. The van der Waals surface area contributed by atoms with Crippen LogP contribution in [0.5, 0.6) is 0 Å². The first-order chi connectivity index (χ1) is 11.1. The second-order valence-electron chi connectivity index (χ2n) is 3.78. The summed E-state index contributed by atoms with van der Waals surface area (Å²) in [5.74, 6) is 1.09. The van der Waals surface area contributed by atoms with Crippen molar-refractivity contribution in [2.45, 2.75) is 0 Å². The van der Waals surface area contributed by atoms with Gasteiger partial charge in [0.25, 0.3) is 0 Å². The Morgan fingerprint density at radius 2 is 0.739 bits per heavy atom. The van der Waals surface area contributed by atoms with Crippen molar-refractivity contribution in [2.24, 2.45) is 0 Å². The molecule has 0 unspecified atom stereocenters. The van der Waals surface area contributed by atoms with E-state index in [4.69, 9.17) is 91.2 Å². The van der Waals surface area contributed by atoms with E-state index in [0.717, 1.165) is 0 Å². The maximum atomic E-state index is 6.66. The third-order valence-electron chi connectivity index (χ3n) is 2.20. The lowest BCUT2D eigenvalue weighted by Crippen LogP contribution is -2.70. The highest BCUT2D eigenvalue weighted by Gasteiger charge is 2.69. The number of hydrogen-bond acceptors (Lipinski definition) is 5. The Labute approximate surface area is 168 Å². The third kappa shape index (κ3) is 8.94. The lowest BCUT2D eigenvalue weighted by atomic mass is 10.9. The number of rotatable bonds is 16. The molecule has 0 radical (unpaired) electrons. The van der Waals surface area contributed by atoms with Gasteiger partial charge in [-0.3, -0.25) is 0 Å². The predicted octanol–water partition coefficient (Wildman–Crippen LogP) is 3.46. The van der Waals surface area contributed by atoms with Crippen LogP contribution in [0.1, 0.15) is 0 Å². The molecule has 0 aromatic rings. The van der Waals surface area contributed by atoms with Crippen LogP contribution >= 0.6 is 69.1 Å². The highest BCUT2D eigenvalue weighted by atomic mass is 35.6. The largest absolute Gasteiger partial charge is 0.560 e. The highest BCUT2D eigenvalue weighted by Crippen LogP contribution is 2.30. The summed E-state index contributed by atoms with van der Waals surface area (Å²) in [6.07, 6.45) is 0. The van der Waals surface area contributed by atoms with E-state index in [-0.39, 0.29) is 62.4 Å². The van der Waals surface area contributed by atoms with Crippen LogP contribution in [0.15, 0.2) is 0 Å². The molecule has 0 aromatic carbocycles. The van der Waals surface area contributed by atoms with E-state index < -0.39 is 15.7 Å². The van der Waals surface area contributed by atoms with Crippen molar-refractivity contribution in [3.63, 3.8) is 0 Å². The SMILES string of the molecule is ClCCO[Si](Cl)(OCCCl)[Si](OCCCl)(OCCCl)OCCCl. The molecule has 0 saturated carbocycles. The van der Waals surface area contributed by atoms with Gasteiger partial charge in [0.1, 0.15) is 0 Å². The van der Waals surface area contributed by atoms with E-state index in [0.29, 0.717) is 0 Å². The number of halogens is 6. The van der Waals surface area contributed by atoms with Crippen LogP contribution in [0, 0.1) is 0 Å². The molecule has 13 heteroatoms. The molecular formula is C10H20Cl6O5Si2. The molecule has 0 fully saturated rings. The second kappa shape index (κ2) is 15.1. The van der Waals surface area contributed by atoms with Crippen LogP contribution < -0.4 is 0 Å². The van der Waals surface area contributed by atoms with E-state index in [2.05, 4.69) is 0 Å². The lowest BCUT2D eigenvalue weighted by molar-refractivity contribution is 0.0709. The first-order valence-electron chi connectivity index (χ1n) is 6.74. The van der Waals surface area contributed by atoms with Crippen LogP contribution in [0.3, 0.4) is 0 Å². The molecule has 0 heterocycles. The molecule has 0 bridgehead atoms. The molecule has 0 aliphatic carbocycles. The number of alkyl halides is 5. The average Bonchev–Trinajstić information content (AvgIpc) is 2.57. The van der Waals surface area contributed by atoms with Crippen LogP contribution in [-0.2, 0) is 22.1 Å². The standard InChI is InChI=1S/C10H20Cl6O5Si2/c11-1-6-17-22(16,18-7-2-12)23(19-8-3-13,20-9-4-14)21-10-5-15/h1-10H2. The quantitative estimate of drug-likeness (QED) is 0.189. The molecule has 0 rings (SSSR count). The highest BCUT2D eigenvalue weighted by molar-refractivity contribution is 7.49. The smallest absolute Gasteiger partial charge is 0.379 e. The zero-order valence-corrected chi connectivity index (χ0v) is 18.9. The molecule has 140 valence electrons. The molecule has 0 atom stereocenters. The summed E-state index contributed by atoms with van der Waals surface area (Å²) in [5.41, 5.74) is 0. The minimum atomic E-state index is -3.60. The lowest BCUT2D eigenvalue weighted by Gasteiger charge is -2.37. The van der Waals surface area contributed by atoms with Gasteiger partial charge in [-0.1, -0.05) is 11.1 Å². The van der Waals surface area contributed by atoms with Crippen molar-refractivity contribution in [2.75, 3.05) is 62.4 Å². The van der Waals surface area contributed by atoms with E-state index in [9.17, 15) is 0 Å². The fraction of sp³-hybridized carbons (Fsp3) is 1.00. The van der Waals surface area contributed by atoms with Gasteiger partial charge in [0, 0.05) is 29.4 Å². The minimum absolute atomic E-state index is 0.146. The van der Waals surface area contributed by atoms with Gasteiger partial charge in [-0.25, -0.2) is 0 Å². The average molecular weight is 489 g/mol. The molecule has 0 aliphatic rings. The van der Waals surface area contributed by atoms with Gasteiger partial charge < -0.3 is 22.1 Å². The van der Waals surface area contributed by atoms with Gasteiger partial charge in [0.15, 0.2) is 0 Å². The maximum Gasteiger partial charge on any atom is 0.560 e. The van der Waals surface area contributed by atoms with Crippen molar-refractivity contribution in [3.05, 3.63) is 0 Å². The topological polar surface area (TPSA) is 46.2 Å². The molecule has 0 spiro atoms. The van der Waals surface area contributed by atoms with Gasteiger partial charge in [0.05, 0.1) is 33.0 Å². The molecular weight excluding hydrogens is 469 g/mol. The van der Waals surface area contributed by atoms with Gasteiger partial charge >= 0.3 is 15.7 Å². The van der Waals surface area contributed by atoms with Crippen molar-refractivity contribution in [1.82, 2.24) is 0 Å². The maximum absolute atomic E-state index is 6.66. The molecule has 0 aromatic heterocycles. The Morgan fingerprint density at radius 3 is 1.00 bits per heavy atom. The Balaban J connectivity index is 5.49. The first kappa shape index (κ1) is 25.0. The van der Waals surface area contributed by atoms with E-state index in [1.165, 1.54) is 0 Å². The summed E-state index contributed by atoms with van der Waals surface area (Å²) < 4.78 is 28.7. The van der Waals surface area contributed by atoms with Gasteiger partial charge in [-0.05, 0) is 0 Å². The Kier molecular flexibility index (Phi) is 16.4. The van der Waals surface area contributed by atoms with Crippen molar-refractivity contribution < 1.29 is 22.1 Å². The molecule has 0 amide bonds. The predicted molar refractivity (Wildman–Crippen MR) is 101 cm³/mol. The van der Waals surface area contributed by atoms with Gasteiger partial charge in [0.2, 0.25) is 0 Å². The van der Waals surface area contributed by atoms with E-state index in [1.54, 1.807) is 0 Å². The van der Waals surface area contributed by atoms with Crippen LogP contribution in [0.4, 0.5) is 0 Å². The summed E-state index contributed by atoms with van der Waals surface area (Å²) in [7, 11) is -7.18. The summed E-state index contributed by atoms with van der Waals surface area (Å²) in [5, 5.41) is 0. The van der Waals surface area contributed by atoms with E-state index in [1.807, 2.05) is 0 Å². The monoisotopic (exact) mass is 486 g/mol. The van der Waals surface area contributed by atoms with E-state index >= 15 is 0 Å². The minimum Gasteiger partial charge on any atom is -0.379 e. The summed E-state index contributed by atoms with van der Waals surface area (Å²) >= 11 is 35.2. The Hall–Kier alpha value is 1.97. The van der Waals surface area contributed by atoms with Crippen LogP contribution in [0.2, 0.25) is 0 Å².